The number of fused-ring (bicyclic) bond motifs is 4. The lowest BCUT2D eigenvalue weighted by molar-refractivity contribution is -0.143. The number of aromatic amines is 1. The molecule has 1 aromatic heterocycles. The van der Waals surface area contributed by atoms with Crippen LogP contribution in [-0.4, -0.2) is 68.4 Å². The molecule has 0 unspecified atom stereocenters. The highest BCUT2D eigenvalue weighted by molar-refractivity contribution is 6.35. The van der Waals surface area contributed by atoms with E-state index in [1.807, 2.05) is 45.0 Å². The Hall–Kier alpha value is -3.59. The van der Waals surface area contributed by atoms with E-state index in [0.29, 0.717) is 50.6 Å². The van der Waals surface area contributed by atoms with E-state index >= 15 is 0 Å². The Balaban J connectivity index is 1.14. The fourth-order valence-corrected chi connectivity index (χ4v) is 7.03. The van der Waals surface area contributed by atoms with Crippen LogP contribution in [0.1, 0.15) is 63.1 Å². The summed E-state index contributed by atoms with van der Waals surface area (Å²) in [6.45, 7) is 9.18. The number of anilines is 1. The maximum Gasteiger partial charge on any atom is 0.322 e. The topological polar surface area (TPSA) is 102 Å². The number of H-pyrrole nitrogens is 1. The average Bonchev–Trinajstić information content (AvgIpc) is 3.45. The van der Waals surface area contributed by atoms with Crippen LogP contribution < -0.4 is 5.32 Å². The molecule has 1 fully saturated rings. The molecule has 3 aromatic rings. The third-order valence-electron chi connectivity index (χ3n) is 8.87. The van der Waals surface area contributed by atoms with Gasteiger partial charge in [0.1, 0.15) is 0 Å². The number of rotatable bonds is 4. The van der Waals surface area contributed by atoms with E-state index in [-0.39, 0.29) is 35.7 Å². The van der Waals surface area contributed by atoms with E-state index < -0.39 is 5.92 Å². The molecule has 0 aliphatic carbocycles. The zero-order valence-corrected chi connectivity index (χ0v) is 25.3. The number of nitrogens with zero attached hydrogens (tertiary/aromatic N) is 4. The van der Waals surface area contributed by atoms with Crippen molar-refractivity contribution in [3.05, 3.63) is 58.2 Å². The normalized spacial score (nSPS) is 20.2. The number of para-hydroxylation sites is 1. The van der Waals surface area contributed by atoms with Crippen molar-refractivity contribution in [1.82, 2.24) is 24.9 Å². The quantitative estimate of drug-likeness (QED) is 0.414. The number of halogens is 1. The predicted molar refractivity (Wildman–Crippen MR) is 163 cm³/mol. The van der Waals surface area contributed by atoms with E-state index in [9.17, 15) is 14.4 Å². The summed E-state index contributed by atoms with van der Waals surface area (Å²) in [6, 6.07) is 9.87. The molecule has 9 nitrogen and oxygen atoms in total. The van der Waals surface area contributed by atoms with Gasteiger partial charge in [-0.15, -0.1) is 0 Å². The molecule has 0 bridgehead atoms. The summed E-state index contributed by atoms with van der Waals surface area (Å²) in [5.41, 5.74) is 4.86. The van der Waals surface area contributed by atoms with E-state index in [1.54, 1.807) is 6.20 Å². The van der Waals surface area contributed by atoms with Crippen LogP contribution in [0.2, 0.25) is 5.02 Å². The first-order valence-corrected chi connectivity index (χ1v) is 15.3. The Morgan fingerprint density at radius 3 is 2.60 bits per heavy atom. The lowest BCUT2D eigenvalue weighted by Crippen LogP contribution is -2.51. The molecule has 3 aliphatic rings. The number of likely N-dealkylation sites (tertiary alicyclic amines) is 1. The summed E-state index contributed by atoms with van der Waals surface area (Å²) in [4.78, 5) is 46.1. The van der Waals surface area contributed by atoms with Crippen LogP contribution in [0.15, 0.2) is 36.5 Å². The largest absolute Gasteiger partial charge is 0.343 e. The maximum absolute atomic E-state index is 14.0. The minimum atomic E-state index is -0.395. The minimum Gasteiger partial charge on any atom is -0.343 e. The van der Waals surface area contributed by atoms with Gasteiger partial charge < -0.3 is 20.0 Å². The molecular weight excluding hydrogens is 552 g/mol. The van der Waals surface area contributed by atoms with E-state index in [1.165, 1.54) is 0 Å². The third-order valence-corrected chi connectivity index (χ3v) is 9.17. The summed E-state index contributed by atoms with van der Waals surface area (Å²) in [5.74, 6) is -0.344. The Bertz CT molecular complexity index is 1520. The van der Waals surface area contributed by atoms with Crippen LogP contribution in [0.3, 0.4) is 0 Å². The molecule has 0 radical (unpaired) electrons. The lowest BCUT2D eigenvalue weighted by atomic mass is 9.87. The SMILES string of the molecule is CC(C)(C)CN1Cc2c(cc(Cl)c3[nH]ncc23)CC[C@@H](CC(=O)N2CCC(N3Cc4ccccc4NC3=O)CC2)C1=O. The van der Waals surface area contributed by atoms with E-state index in [0.717, 1.165) is 46.1 Å². The highest BCUT2D eigenvalue weighted by Crippen LogP contribution is 2.35. The minimum absolute atomic E-state index is 0.0140. The first kappa shape index (κ1) is 28.5. The second-order valence-corrected chi connectivity index (χ2v) is 13.6. The van der Waals surface area contributed by atoms with Crippen molar-refractivity contribution in [2.45, 2.75) is 72.0 Å². The van der Waals surface area contributed by atoms with E-state index in [2.05, 4.69) is 36.3 Å². The average molecular weight is 591 g/mol. The summed E-state index contributed by atoms with van der Waals surface area (Å²) in [5, 5.41) is 11.8. The number of nitrogens with one attached hydrogen (secondary N) is 2. The van der Waals surface area contributed by atoms with Crippen molar-refractivity contribution in [2.75, 3.05) is 25.0 Å². The van der Waals surface area contributed by atoms with Crippen molar-refractivity contribution in [2.24, 2.45) is 11.3 Å². The monoisotopic (exact) mass is 590 g/mol. The van der Waals surface area contributed by atoms with Gasteiger partial charge in [0.15, 0.2) is 0 Å². The molecule has 42 heavy (non-hydrogen) atoms. The van der Waals surface area contributed by atoms with Gasteiger partial charge in [-0.2, -0.15) is 5.10 Å². The molecule has 2 N–H and O–H groups in total. The zero-order chi connectivity index (χ0) is 29.6. The van der Waals surface area contributed by atoms with Gasteiger partial charge in [-0.25, -0.2) is 4.79 Å². The van der Waals surface area contributed by atoms with Crippen LogP contribution in [-0.2, 0) is 29.1 Å². The molecule has 6 rings (SSSR count). The zero-order valence-electron chi connectivity index (χ0n) is 24.6. The maximum atomic E-state index is 14.0. The second kappa shape index (κ2) is 11.2. The van der Waals surface area contributed by atoms with Gasteiger partial charge in [-0.1, -0.05) is 50.6 Å². The van der Waals surface area contributed by atoms with Gasteiger partial charge in [0.2, 0.25) is 11.8 Å². The molecular formula is C32H39ClN6O3. The predicted octanol–water partition coefficient (Wildman–Crippen LogP) is 5.58. The van der Waals surface area contributed by atoms with Crippen molar-refractivity contribution in [3.8, 4) is 0 Å². The van der Waals surface area contributed by atoms with Crippen LogP contribution in [0.5, 0.6) is 0 Å². The summed E-state index contributed by atoms with van der Waals surface area (Å²) in [6.07, 6.45) is 4.70. The standard InChI is InChI=1S/C32H39ClN6O3/c1-32(2,3)19-38-18-25-20(14-26(33)29-24(25)16-34-36-29)8-9-21(30(38)41)15-28(40)37-12-10-23(11-13-37)39-17-22-6-4-5-7-27(22)35-31(39)42/h4-7,14,16,21,23H,8-13,15,17-19H2,1-3H3,(H,34,36)(H,35,42)/t21-/m0/s1. The second-order valence-electron chi connectivity index (χ2n) is 13.2. The Morgan fingerprint density at radius 1 is 1.07 bits per heavy atom. The molecule has 4 amide bonds. The molecule has 4 heterocycles. The number of amides is 4. The number of aromatic nitrogens is 2. The van der Waals surface area contributed by atoms with Gasteiger partial charge in [0.25, 0.3) is 0 Å². The van der Waals surface area contributed by atoms with Crippen LogP contribution in [0.25, 0.3) is 10.9 Å². The van der Waals surface area contributed by atoms with Crippen molar-refractivity contribution < 1.29 is 14.4 Å². The number of aryl methyl sites for hydroxylation is 1. The number of hydrogen-bond donors (Lipinski definition) is 2. The van der Waals surface area contributed by atoms with Gasteiger partial charge in [-0.3, -0.25) is 14.7 Å². The van der Waals surface area contributed by atoms with Crippen LogP contribution >= 0.6 is 11.6 Å². The molecule has 1 saturated heterocycles. The first-order chi connectivity index (χ1) is 20.1. The van der Waals surface area contributed by atoms with Gasteiger partial charge in [0.05, 0.1) is 16.7 Å². The molecule has 222 valence electrons. The fourth-order valence-electron chi connectivity index (χ4n) is 6.75. The summed E-state index contributed by atoms with van der Waals surface area (Å²) in [7, 11) is 0. The number of piperidine rings is 1. The van der Waals surface area contributed by atoms with Gasteiger partial charge in [0, 0.05) is 62.2 Å². The highest BCUT2D eigenvalue weighted by atomic mass is 35.5. The summed E-state index contributed by atoms with van der Waals surface area (Å²) < 4.78 is 0. The number of hydrogen-bond acceptors (Lipinski definition) is 4. The van der Waals surface area contributed by atoms with E-state index in [4.69, 9.17) is 11.6 Å². The Kier molecular flexibility index (Phi) is 7.64. The van der Waals surface area contributed by atoms with Gasteiger partial charge >= 0.3 is 6.03 Å². The fraction of sp³-hybridized carbons (Fsp3) is 0.500. The lowest BCUT2D eigenvalue weighted by Gasteiger charge is -2.41. The number of carbonyl (C=O) groups is 3. The number of carbonyl (C=O) groups excluding carboxylic acids is 3. The smallest absolute Gasteiger partial charge is 0.322 e. The Labute approximate surface area is 251 Å². The third kappa shape index (κ3) is 5.71. The van der Waals surface area contributed by atoms with Gasteiger partial charge in [-0.05, 0) is 59.9 Å². The van der Waals surface area contributed by atoms with Crippen molar-refractivity contribution in [3.63, 3.8) is 0 Å². The highest BCUT2D eigenvalue weighted by Gasteiger charge is 2.36. The molecule has 2 aromatic carbocycles. The van der Waals surface area contributed by atoms with Crippen molar-refractivity contribution >= 4 is 46.0 Å². The molecule has 10 heteroatoms. The number of benzene rings is 2. The Morgan fingerprint density at radius 2 is 1.83 bits per heavy atom. The molecule has 1 atom stereocenters. The van der Waals surface area contributed by atoms with Crippen LogP contribution in [0, 0.1) is 11.3 Å². The van der Waals surface area contributed by atoms with Crippen molar-refractivity contribution in [1.29, 1.82) is 0 Å². The molecule has 0 saturated carbocycles. The first-order valence-electron chi connectivity index (χ1n) is 14.9. The number of urea groups is 1. The summed E-state index contributed by atoms with van der Waals surface area (Å²) >= 11 is 6.58. The van der Waals surface area contributed by atoms with Crippen LogP contribution in [0.4, 0.5) is 10.5 Å². The molecule has 0 spiro atoms. The molecule has 3 aliphatic heterocycles.